The Balaban J connectivity index is 3.00. The van der Waals surface area contributed by atoms with Crippen molar-refractivity contribution in [3.63, 3.8) is 0 Å². The average molecular weight is 193 g/mol. The summed E-state index contributed by atoms with van der Waals surface area (Å²) in [5.74, 6) is 0. The molecule has 0 atom stereocenters. The fraction of sp³-hybridized carbons (Fsp3) is 0. The second-order valence-corrected chi connectivity index (χ2v) is 3.31. The summed E-state index contributed by atoms with van der Waals surface area (Å²) in [6.45, 7) is 0. The number of rotatable bonds is 0. The van der Waals surface area contributed by atoms with Gasteiger partial charge in [0.25, 0.3) is 0 Å². The molecule has 0 aliphatic heterocycles. The summed E-state index contributed by atoms with van der Waals surface area (Å²) in [5, 5.41) is 2.42. The van der Waals surface area contributed by atoms with E-state index in [0.29, 0.717) is 16.4 Å². The quantitative estimate of drug-likeness (QED) is 0.631. The molecule has 2 aromatic carbocycles. The van der Waals surface area contributed by atoms with E-state index in [1.807, 2.05) is 18.2 Å². The van der Waals surface area contributed by atoms with E-state index in [1.165, 1.54) is 0 Å². The number of nitrogens with two attached hydrogens (primary N) is 2. The molecule has 4 N–H and O–H groups in total. The van der Waals surface area contributed by atoms with Crippen LogP contribution in [0.1, 0.15) is 0 Å². The van der Waals surface area contributed by atoms with Crippen LogP contribution in [0.15, 0.2) is 30.3 Å². The first-order valence-electron chi connectivity index (χ1n) is 3.92. The predicted molar refractivity (Wildman–Crippen MR) is 57.8 cm³/mol. The third-order valence-corrected chi connectivity index (χ3v) is 2.38. The highest BCUT2D eigenvalue weighted by Gasteiger charge is 2.04. The lowest BCUT2D eigenvalue weighted by Gasteiger charge is -2.06. The van der Waals surface area contributed by atoms with Crippen LogP contribution in [0.3, 0.4) is 0 Å². The topological polar surface area (TPSA) is 52.0 Å². The van der Waals surface area contributed by atoms with E-state index in [-0.39, 0.29) is 0 Å². The monoisotopic (exact) mass is 192 g/mol. The number of hydrogen-bond donors (Lipinski definition) is 2. The summed E-state index contributed by atoms with van der Waals surface area (Å²) in [6.07, 6.45) is 0. The Labute approximate surface area is 81.1 Å². The molecule has 0 amide bonds. The number of anilines is 2. The van der Waals surface area contributed by atoms with Gasteiger partial charge in [0.1, 0.15) is 0 Å². The molecule has 2 rings (SSSR count). The van der Waals surface area contributed by atoms with Crippen LogP contribution in [-0.2, 0) is 0 Å². The molecule has 0 saturated heterocycles. The summed E-state index contributed by atoms with van der Waals surface area (Å²) in [7, 11) is 0. The van der Waals surface area contributed by atoms with E-state index in [2.05, 4.69) is 0 Å². The summed E-state index contributed by atoms with van der Waals surface area (Å²) in [5.41, 5.74) is 12.9. The van der Waals surface area contributed by atoms with Crippen molar-refractivity contribution in [2.75, 3.05) is 11.5 Å². The largest absolute Gasteiger partial charge is 0.398 e. The molecule has 13 heavy (non-hydrogen) atoms. The van der Waals surface area contributed by atoms with Gasteiger partial charge in [-0.1, -0.05) is 23.7 Å². The number of benzene rings is 2. The van der Waals surface area contributed by atoms with Crippen LogP contribution in [0.4, 0.5) is 11.4 Å². The van der Waals surface area contributed by atoms with E-state index >= 15 is 0 Å². The second-order valence-electron chi connectivity index (χ2n) is 2.91. The van der Waals surface area contributed by atoms with Crippen LogP contribution < -0.4 is 11.5 Å². The minimum absolute atomic E-state index is 0.664. The maximum atomic E-state index is 5.99. The normalized spacial score (nSPS) is 10.5. The van der Waals surface area contributed by atoms with Crippen molar-refractivity contribution in [1.82, 2.24) is 0 Å². The van der Waals surface area contributed by atoms with Gasteiger partial charge in [0.2, 0.25) is 0 Å². The molecular weight excluding hydrogens is 184 g/mol. The Bertz CT molecular complexity index is 457. The second kappa shape index (κ2) is 2.82. The Kier molecular flexibility index (Phi) is 1.78. The van der Waals surface area contributed by atoms with Crippen LogP contribution >= 0.6 is 11.6 Å². The Morgan fingerprint density at radius 3 is 2.31 bits per heavy atom. The molecule has 3 heteroatoms. The number of nitrogen functional groups attached to an aromatic ring is 2. The highest BCUT2D eigenvalue weighted by atomic mass is 35.5. The van der Waals surface area contributed by atoms with Gasteiger partial charge in [0.05, 0.1) is 0 Å². The SMILES string of the molecule is Nc1cccc2c(Cl)ccc(N)c12. The van der Waals surface area contributed by atoms with Gasteiger partial charge in [-0.2, -0.15) is 0 Å². The van der Waals surface area contributed by atoms with Gasteiger partial charge in [-0.3, -0.25) is 0 Å². The fourth-order valence-corrected chi connectivity index (χ4v) is 1.65. The van der Waals surface area contributed by atoms with Crippen LogP contribution in [0.2, 0.25) is 5.02 Å². The Morgan fingerprint density at radius 2 is 1.62 bits per heavy atom. The summed E-state index contributed by atoms with van der Waals surface area (Å²) in [4.78, 5) is 0. The minimum Gasteiger partial charge on any atom is -0.398 e. The molecule has 0 radical (unpaired) electrons. The van der Waals surface area contributed by atoms with Crippen molar-refractivity contribution < 1.29 is 0 Å². The van der Waals surface area contributed by atoms with Crippen molar-refractivity contribution in [3.8, 4) is 0 Å². The van der Waals surface area contributed by atoms with Crippen molar-refractivity contribution in [1.29, 1.82) is 0 Å². The molecular formula is C10H9ClN2. The van der Waals surface area contributed by atoms with Crippen LogP contribution in [0.5, 0.6) is 0 Å². The van der Waals surface area contributed by atoms with Gasteiger partial charge < -0.3 is 11.5 Å². The minimum atomic E-state index is 0.664. The molecule has 0 fully saturated rings. The average Bonchev–Trinajstić information content (AvgIpc) is 2.12. The van der Waals surface area contributed by atoms with Crippen molar-refractivity contribution in [2.24, 2.45) is 0 Å². The van der Waals surface area contributed by atoms with Crippen LogP contribution in [-0.4, -0.2) is 0 Å². The first-order valence-corrected chi connectivity index (χ1v) is 4.30. The molecule has 0 aliphatic rings. The summed E-state index contributed by atoms with van der Waals surface area (Å²) in [6, 6.07) is 9.13. The molecule has 0 heterocycles. The Hall–Kier alpha value is -1.41. The van der Waals surface area contributed by atoms with Gasteiger partial charge in [0, 0.05) is 27.2 Å². The molecule has 2 nitrogen and oxygen atoms in total. The summed E-state index contributed by atoms with van der Waals surface area (Å²) >= 11 is 5.99. The van der Waals surface area contributed by atoms with Gasteiger partial charge in [-0.15, -0.1) is 0 Å². The third kappa shape index (κ3) is 1.19. The molecule has 2 aromatic rings. The fourth-order valence-electron chi connectivity index (χ4n) is 1.43. The molecule has 0 saturated carbocycles. The maximum absolute atomic E-state index is 5.99. The van der Waals surface area contributed by atoms with E-state index in [9.17, 15) is 0 Å². The van der Waals surface area contributed by atoms with E-state index in [1.54, 1.807) is 12.1 Å². The van der Waals surface area contributed by atoms with E-state index in [0.717, 1.165) is 10.8 Å². The maximum Gasteiger partial charge on any atom is 0.0486 e. The zero-order valence-corrected chi connectivity index (χ0v) is 7.68. The van der Waals surface area contributed by atoms with Crippen LogP contribution in [0, 0.1) is 0 Å². The molecule has 0 aliphatic carbocycles. The summed E-state index contributed by atoms with van der Waals surface area (Å²) < 4.78 is 0. The lowest BCUT2D eigenvalue weighted by Crippen LogP contribution is -1.92. The molecule has 0 unspecified atom stereocenters. The van der Waals surface area contributed by atoms with Gasteiger partial charge in [-0.05, 0) is 18.2 Å². The van der Waals surface area contributed by atoms with Gasteiger partial charge in [0.15, 0.2) is 0 Å². The number of fused-ring (bicyclic) bond motifs is 1. The van der Waals surface area contributed by atoms with Crippen molar-refractivity contribution in [2.45, 2.75) is 0 Å². The standard InChI is InChI=1S/C10H9ClN2/c11-7-4-5-9(13)10-6(7)2-1-3-8(10)12/h1-5H,12-13H2. The lowest BCUT2D eigenvalue weighted by atomic mass is 10.1. The molecule has 66 valence electrons. The highest BCUT2D eigenvalue weighted by molar-refractivity contribution is 6.36. The molecule has 0 aromatic heterocycles. The number of halogens is 1. The zero-order chi connectivity index (χ0) is 9.42. The first-order chi connectivity index (χ1) is 6.20. The predicted octanol–water partition coefficient (Wildman–Crippen LogP) is 2.66. The third-order valence-electron chi connectivity index (χ3n) is 2.05. The Morgan fingerprint density at radius 1 is 0.923 bits per heavy atom. The molecule has 0 bridgehead atoms. The van der Waals surface area contributed by atoms with Crippen molar-refractivity contribution in [3.05, 3.63) is 35.4 Å². The van der Waals surface area contributed by atoms with Gasteiger partial charge >= 0.3 is 0 Å². The van der Waals surface area contributed by atoms with Crippen molar-refractivity contribution >= 4 is 33.7 Å². The zero-order valence-electron chi connectivity index (χ0n) is 6.92. The van der Waals surface area contributed by atoms with E-state index in [4.69, 9.17) is 23.1 Å². The molecule has 0 spiro atoms. The smallest absolute Gasteiger partial charge is 0.0486 e. The van der Waals surface area contributed by atoms with Crippen LogP contribution in [0.25, 0.3) is 10.8 Å². The van der Waals surface area contributed by atoms with E-state index < -0.39 is 0 Å². The first kappa shape index (κ1) is 8.20. The highest BCUT2D eigenvalue weighted by Crippen LogP contribution is 2.31. The lowest BCUT2D eigenvalue weighted by molar-refractivity contribution is 1.71. The van der Waals surface area contributed by atoms with Gasteiger partial charge in [-0.25, -0.2) is 0 Å². The number of hydrogen-bond acceptors (Lipinski definition) is 2.